The normalized spacial score (nSPS) is 24.8. The van der Waals surface area contributed by atoms with Crippen molar-refractivity contribution >= 4 is 11.8 Å². The molecule has 0 radical (unpaired) electrons. The van der Waals surface area contributed by atoms with Gasteiger partial charge in [0, 0.05) is 0 Å². The summed E-state index contributed by atoms with van der Waals surface area (Å²) in [6.07, 6.45) is 0. The van der Waals surface area contributed by atoms with E-state index in [0.29, 0.717) is 0 Å². The first-order chi connectivity index (χ1) is 7.72. The van der Waals surface area contributed by atoms with Gasteiger partial charge in [0.25, 0.3) is 0 Å². The van der Waals surface area contributed by atoms with Crippen molar-refractivity contribution < 1.29 is 14.7 Å². The maximum absolute atomic E-state index is 11.7. The zero-order valence-corrected chi connectivity index (χ0v) is 8.51. The minimum atomic E-state index is -0.840. The molecule has 5 heteroatoms. The van der Waals surface area contributed by atoms with Crippen LogP contribution in [0.4, 0.5) is 0 Å². The number of piperazine rings is 1. The molecule has 0 spiro atoms. The van der Waals surface area contributed by atoms with Gasteiger partial charge in [-0.25, -0.2) is 0 Å². The Kier molecular flexibility index (Phi) is 2.87. The van der Waals surface area contributed by atoms with E-state index in [1.807, 2.05) is 6.07 Å². The SMILES string of the molecule is O=C1N[C@H](c2ccccc2)C(=O)N[C@H]1CO. The van der Waals surface area contributed by atoms with E-state index in [-0.39, 0.29) is 18.4 Å². The summed E-state index contributed by atoms with van der Waals surface area (Å²) in [7, 11) is 0. The van der Waals surface area contributed by atoms with E-state index >= 15 is 0 Å². The van der Waals surface area contributed by atoms with E-state index in [0.717, 1.165) is 5.56 Å². The fourth-order valence-electron chi connectivity index (χ4n) is 1.64. The van der Waals surface area contributed by atoms with Crippen molar-refractivity contribution in [1.29, 1.82) is 0 Å². The number of nitrogens with one attached hydrogen (secondary N) is 2. The lowest BCUT2D eigenvalue weighted by molar-refractivity contribution is -0.137. The molecule has 16 heavy (non-hydrogen) atoms. The van der Waals surface area contributed by atoms with E-state index in [2.05, 4.69) is 10.6 Å². The highest BCUT2D eigenvalue weighted by Crippen LogP contribution is 2.15. The second-order valence-electron chi connectivity index (χ2n) is 3.60. The highest BCUT2D eigenvalue weighted by Gasteiger charge is 2.33. The second-order valence-corrected chi connectivity index (χ2v) is 3.60. The first-order valence-corrected chi connectivity index (χ1v) is 4.99. The summed E-state index contributed by atoms with van der Waals surface area (Å²) in [5, 5.41) is 13.9. The average molecular weight is 220 g/mol. The Hall–Kier alpha value is -1.88. The van der Waals surface area contributed by atoms with Gasteiger partial charge in [-0.15, -0.1) is 0 Å². The summed E-state index contributed by atoms with van der Waals surface area (Å²) in [6.45, 7) is -0.390. The molecule has 0 saturated carbocycles. The molecule has 2 atom stereocenters. The number of aliphatic hydroxyl groups is 1. The first-order valence-electron chi connectivity index (χ1n) is 4.99. The molecule has 5 nitrogen and oxygen atoms in total. The average Bonchev–Trinajstić information content (AvgIpc) is 2.32. The summed E-state index contributed by atoms with van der Waals surface area (Å²) >= 11 is 0. The number of rotatable bonds is 2. The lowest BCUT2D eigenvalue weighted by Gasteiger charge is -2.28. The molecule has 0 bridgehead atoms. The minimum Gasteiger partial charge on any atom is -0.394 e. The molecule has 0 aliphatic carbocycles. The van der Waals surface area contributed by atoms with Crippen molar-refractivity contribution in [2.24, 2.45) is 0 Å². The van der Waals surface area contributed by atoms with Gasteiger partial charge in [0.05, 0.1) is 6.61 Å². The number of carbonyl (C=O) groups excluding carboxylic acids is 2. The zero-order chi connectivity index (χ0) is 11.5. The molecule has 1 saturated heterocycles. The predicted molar refractivity (Wildman–Crippen MR) is 56.3 cm³/mol. The molecule has 0 unspecified atom stereocenters. The first kappa shape index (κ1) is 10.6. The molecule has 1 aliphatic rings. The quantitative estimate of drug-likeness (QED) is 0.618. The zero-order valence-electron chi connectivity index (χ0n) is 8.51. The van der Waals surface area contributed by atoms with Crippen LogP contribution in [0, 0.1) is 0 Å². The third-order valence-corrected chi connectivity index (χ3v) is 2.50. The summed E-state index contributed by atoms with van der Waals surface area (Å²) in [6, 6.07) is 7.46. The third-order valence-electron chi connectivity index (χ3n) is 2.50. The molecular formula is C11H12N2O3. The van der Waals surface area contributed by atoms with Crippen molar-refractivity contribution in [3.8, 4) is 0 Å². The Bertz CT molecular complexity index is 405. The molecule has 84 valence electrons. The maximum atomic E-state index is 11.7. The van der Waals surface area contributed by atoms with Crippen molar-refractivity contribution in [1.82, 2.24) is 10.6 Å². The van der Waals surface area contributed by atoms with Crippen LogP contribution in [0.3, 0.4) is 0 Å². The summed E-state index contributed by atoms with van der Waals surface area (Å²) < 4.78 is 0. The number of amides is 2. The maximum Gasteiger partial charge on any atom is 0.247 e. The standard InChI is InChI=1S/C11H12N2O3/c14-6-8-10(15)13-9(11(16)12-8)7-4-2-1-3-5-7/h1-5,8-9,14H,6H2,(H,12,16)(H,13,15)/t8-,9+/m0/s1. The summed E-state index contributed by atoms with van der Waals surface area (Å²) in [4.78, 5) is 23.1. The highest BCUT2D eigenvalue weighted by atomic mass is 16.3. The number of hydrogen-bond donors (Lipinski definition) is 3. The smallest absolute Gasteiger partial charge is 0.247 e. The minimum absolute atomic E-state index is 0.301. The Morgan fingerprint density at radius 3 is 2.38 bits per heavy atom. The number of aliphatic hydroxyl groups excluding tert-OH is 1. The van der Waals surface area contributed by atoms with E-state index in [1.54, 1.807) is 24.3 Å². The van der Waals surface area contributed by atoms with Gasteiger partial charge in [-0.3, -0.25) is 9.59 Å². The Balaban J connectivity index is 2.19. The number of benzene rings is 1. The topological polar surface area (TPSA) is 78.4 Å². The largest absolute Gasteiger partial charge is 0.394 e. The van der Waals surface area contributed by atoms with Crippen LogP contribution >= 0.6 is 0 Å². The fraction of sp³-hybridized carbons (Fsp3) is 0.273. The van der Waals surface area contributed by atoms with Crippen molar-refractivity contribution in [3.63, 3.8) is 0 Å². The van der Waals surface area contributed by atoms with Crippen LogP contribution in [0.1, 0.15) is 11.6 Å². The van der Waals surface area contributed by atoms with Gasteiger partial charge >= 0.3 is 0 Å². The predicted octanol–water partition coefficient (Wildman–Crippen LogP) is -0.665. The third kappa shape index (κ3) is 1.90. The second kappa shape index (κ2) is 4.32. The van der Waals surface area contributed by atoms with Gasteiger partial charge in [0.2, 0.25) is 11.8 Å². The van der Waals surface area contributed by atoms with Crippen LogP contribution in [-0.2, 0) is 9.59 Å². The highest BCUT2D eigenvalue weighted by molar-refractivity contribution is 5.97. The fourth-order valence-corrected chi connectivity index (χ4v) is 1.64. The van der Waals surface area contributed by atoms with Crippen molar-refractivity contribution in [2.75, 3.05) is 6.61 Å². The summed E-state index contributed by atoms with van der Waals surface area (Å²) in [5.41, 5.74) is 0.727. The molecular weight excluding hydrogens is 208 g/mol. The number of carbonyl (C=O) groups is 2. The Morgan fingerprint density at radius 2 is 1.75 bits per heavy atom. The summed E-state index contributed by atoms with van der Waals surface area (Å²) in [5.74, 6) is -0.666. The molecule has 3 N–H and O–H groups in total. The molecule has 2 amide bonds. The molecule has 0 aromatic heterocycles. The monoisotopic (exact) mass is 220 g/mol. The van der Waals surface area contributed by atoms with Gasteiger partial charge in [-0.2, -0.15) is 0 Å². The van der Waals surface area contributed by atoms with Gasteiger partial charge in [0.15, 0.2) is 0 Å². The van der Waals surface area contributed by atoms with Gasteiger partial charge in [-0.05, 0) is 5.56 Å². The van der Waals surface area contributed by atoms with Crippen LogP contribution in [0.15, 0.2) is 30.3 Å². The van der Waals surface area contributed by atoms with E-state index in [1.165, 1.54) is 0 Å². The van der Waals surface area contributed by atoms with Crippen LogP contribution in [0.2, 0.25) is 0 Å². The molecule has 1 fully saturated rings. The van der Waals surface area contributed by atoms with E-state index in [4.69, 9.17) is 5.11 Å². The van der Waals surface area contributed by atoms with E-state index < -0.39 is 12.1 Å². The Morgan fingerprint density at radius 1 is 1.06 bits per heavy atom. The van der Waals surface area contributed by atoms with E-state index in [9.17, 15) is 9.59 Å². The molecule has 2 rings (SSSR count). The van der Waals surface area contributed by atoms with Gasteiger partial charge in [0.1, 0.15) is 12.1 Å². The Labute approximate surface area is 92.5 Å². The lowest BCUT2D eigenvalue weighted by Crippen LogP contribution is -2.58. The molecule has 1 aromatic carbocycles. The lowest BCUT2D eigenvalue weighted by atomic mass is 10.0. The van der Waals surface area contributed by atoms with Crippen LogP contribution < -0.4 is 10.6 Å². The van der Waals surface area contributed by atoms with Crippen LogP contribution in [0.5, 0.6) is 0 Å². The van der Waals surface area contributed by atoms with Crippen LogP contribution in [-0.4, -0.2) is 29.6 Å². The van der Waals surface area contributed by atoms with Gasteiger partial charge < -0.3 is 15.7 Å². The van der Waals surface area contributed by atoms with Gasteiger partial charge in [-0.1, -0.05) is 30.3 Å². The molecule has 1 aliphatic heterocycles. The number of hydrogen-bond acceptors (Lipinski definition) is 3. The van der Waals surface area contributed by atoms with Crippen LogP contribution in [0.25, 0.3) is 0 Å². The van der Waals surface area contributed by atoms with Crippen molar-refractivity contribution in [2.45, 2.75) is 12.1 Å². The molecule has 1 aromatic rings. The molecule has 1 heterocycles. The van der Waals surface area contributed by atoms with Crippen molar-refractivity contribution in [3.05, 3.63) is 35.9 Å².